The molecule has 0 heterocycles. The number of methoxy groups -OCH3 is 1. The summed E-state index contributed by atoms with van der Waals surface area (Å²) in [4.78, 5) is 0.448. The molecule has 1 atom stereocenters. The zero-order chi connectivity index (χ0) is 13.8. The molecule has 2 aromatic rings. The van der Waals surface area contributed by atoms with Crippen molar-refractivity contribution >= 4 is 16.5 Å². The van der Waals surface area contributed by atoms with Crippen LogP contribution in [-0.2, 0) is 16.6 Å². The van der Waals surface area contributed by atoms with Crippen molar-refractivity contribution in [2.24, 2.45) is 0 Å². The maximum Gasteiger partial charge on any atom is 0.125 e. The maximum atomic E-state index is 12.9. The summed E-state index contributed by atoms with van der Waals surface area (Å²) in [7, 11) is 0.266. The van der Waals surface area contributed by atoms with Gasteiger partial charge >= 0.3 is 0 Å². The molecule has 100 valence electrons. The number of rotatable bonds is 4. The summed E-state index contributed by atoms with van der Waals surface area (Å²) in [6.07, 6.45) is 0. The average molecular weight is 279 g/mol. The van der Waals surface area contributed by atoms with E-state index in [-0.39, 0.29) is 5.69 Å². The molecule has 0 fully saturated rings. The molecule has 2 N–H and O–H groups in total. The highest BCUT2D eigenvalue weighted by molar-refractivity contribution is 7.84. The van der Waals surface area contributed by atoms with E-state index in [4.69, 9.17) is 10.5 Å². The molecule has 0 spiro atoms. The van der Waals surface area contributed by atoms with Crippen molar-refractivity contribution in [3.05, 3.63) is 53.8 Å². The summed E-state index contributed by atoms with van der Waals surface area (Å²) in [6, 6.07) is 11.2. The minimum absolute atomic E-state index is 0.209. The van der Waals surface area contributed by atoms with Crippen molar-refractivity contribution in [2.75, 3.05) is 12.8 Å². The fourth-order valence-electron chi connectivity index (χ4n) is 1.72. The number of benzene rings is 2. The van der Waals surface area contributed by atoms with Gasteiger partial charge in [0.25, 0.3) is 0 Å². The molecule has 0 amide bonds. The first kappa shape index (κ1) is 13.5. The third-order valence-corrected chi connectivity index (χ3v) is 4.11. The second-order valence-electron chi connectivity index (χ2n) is 4.02. The van der Waals surface area contributed by atoms with Gasteiger partial charge in [0.05, 0.1) is 34.2 Å². The van der Waals surface area contributed by atoms with Crippen LogP contribution < -0.4 is 10.5 Å². The lowest BCUT2D eigenvalue weighted by molar-refractivity contribution is 0.414. The first-order chi connectivity index (χ1) is 9.10. The van der Waals surface area contributed by atoms with Crippen molar-refractivity contribution in [1.82, 2.24) is 0 Å². The molecular formula is C14H14FNO2S. The van der Waals surface area contributed by atoms with Crippen LogP contribution in [0.15, 0.2) is 47.4 Å². The molecule has 0 saturated carbocycles. The van der Waals surface area contributed by atoms with Crippen LogP contribution in [0, 0.1) is 5.82 Å². The summed E-state index contributed by atoms with van der Waals surface area (Å²) < 4.78 is 30.3. The first-order valence-corrected chi connectivity index (χ1v) is 6.98. The van der Waals surface area contributed by atoms with Crippen LogP contribution >= 0.6 is 0 Å². The Morgan fingerprint density at radius 3 is 2.74 bits per heavy atom. The first-order valence-electron chi connectivity index (χ1n) is 5.66. The van der Waals surface area contributed by atoms with Crippen molar-refractivity contribution in [3.63, 3.8) is 0 Å². The van der Waals surface area contributed by atoms with Crippen LogP contribution in [0.1, 0.15) is 5.56 Å². The molecule has 0 aromatic heterocycles. The van der Waals surface area contributed by atoms with E-state index in [9.17, 15) is 8.60 Å². The summed E-state index contributed by atoms with van der Waals surface area (Å²) in [5.41, 5.74) is 6.76. The smallest absolute Gasteiger partial charge is 0.125 e. The minimum Gasteiger partial charge on any atom is -0.497 e. The second-order valence-corrected chi connectivity index (χ2v) is 5.44. The number of halogens is 1. The van der Waals surface area contributed by atoms with Gasteiger partial charge in [-0.1, -0.05) is 12.1 Å². The standard InChI is InChI=1S/C14H14FNO2S/c1-18-12-4-2-3-10(7-12)9-19(17)14-6-5-11(15)8-13(14)16/h2-8H,9,16H2,1H3. The van der Waals surface area contributed by atoms with Crippen LogP contribution in [0.3, 0.4) is 0 Å². The van der Waals surface area contributed by atoms with E-state index in [1.807, 2.05) is 24.3 Å². The Morgan fingerprint density at radius 1 is 1.26 bits per heavy atom. The molecule has 0 saturated heterocycles. The Morgan fingerprint density at radius 2 is 2.05 bits per heavy atom. The molecule has 0 aliphatic carbocycles. The Labute approximate surface area is 113 Å². The van der Waals surface area contributed by atoms with Crippen molar-refractivity contribution in [1.29, 1.82) is 0 Å². The third kappa shape index (κ3) is 3.32. The number of nitrogen functional groups attached to an aromatic ring is 1. The third-order valence-electron chi connectivity index (χ3n) is 2.65. The summed E-state index contributed by atoms with van der Waals surface area (Å²) in [5.74, 6) is 0.591. The van der Waals surface area contributed by atoms with Gasteiger partial charge in [0.1, 0.15) is 11.6 Å². The molecule has 0 bridgehead atoms. The zero-order valence-corrected chi connectivity index (χ0v) is 11.2. The fraction of sp³-hybridized carbons (Fsp3) is 0.143. The number of ether oxygens (including phenoxy) is 1. The summed E-state index contributed by atoms with van der Waals surface area (Å²) >= 11 is 0. The van der Waals surface area contributed by atoms with Gasteiger partial charge in [-0.15, -0.1) is 0 Å². The monoisotopic (exact) mass is 279 g/mol. The van der Waals surface area contributed by atoms with Gasteiger partial charge < -0.3 is 10.5 Å². The Kier molecular flexibility index (Phi) is 4.16. The highest BCUT2D eigenvalue weighted by Crippen LogP contribution is 2.21. The maximum absolute atomic E-state index is 12.9. The van der Waals surface area contributed by atoms with Crippen LogP contribution in [0.4, 0.5) is 10.1 Å². The van der Waals surface area contributed by atoms with Crippen LogP contribution in [0.5, 0.6) is 5.75 Å². The average Bonchev–Trinajstić information content (AvgIpc) is 2.38. The largest absolute Gasteiger partial charge is 0.497 e. The normalized spacial score (nSPS) is 12.1. The molecule has 2 aromatic carbocycles. The van der Waals surface area contributed by atoms with Gasteiger partial charge in [0.2, 0.25) is 0 Å². The van der Waals surface area contributed by atoms with E-state index in [0.717, 1.165) is 5.56 Å². The van der Waals surface area contributed by atoms with Gasteiger partial charge in [0.15, 0.2) is 0 Å². The van der Waals surface area contributed by atoms with Gasteiger partial charge in [-0.05, 0) is 35.9 Å². The lowest BCUT2D eigenvalue weighted by Crippen LogP contribution is -2.01. The molecule has 19 heavy (non-hydrogen) atoms. The van der Waals surface area contributed by atoms with Crippen LogP contribution in [0.2, 0.25) is 0 Å². The number of anilines is 1. The molecule has 1 unspecified atom stereocenters. The van der Waals surface area contributed by atoms with Gasteiger partial charge in [-0.3, -0.25) is 4.21 Å². The molecular weight excluding hydrogens is 265 g/mol. The number of hydrogen-bond donors (Lipinski definition) is 1. The highest BCUT2D eigenvalue weighted by Gasteiger charge is 2.10. The van der Waals surface area contributed by atoms with Gasteiger partial charge in [0, 0.05) is 0 Å². The topological polar surface area (TPSA) is 52.3 Å². The van der Waals surface area contributed by atoms with E-state index >= 15 is 0 Å². The van der Waals surface area contributed by atoms with E-state index in [1.165, 1.54) is 18.2 Å². The lowest BCUT2D eigenvalue weighted by atomic mass is 10.2. The van der Waals surface area contributed by atoms with E-state index in [1.54, 1.807) is 7.11 Å². The Hall–Kier alpha value is -1.88. The quantitative estimate of drug-likeness (QED) is 0.875. The molecule has 2 rings (SSSR count). The zero-order valence-electron chi connectivity index (χ0n) is 10.4. The molecule has 3 nitrogen and oxygen atoms in total. The second kappa shape index (κ2) is 5.84. The summed E-state index contributed by atoms with van der Waals surface area (Å²) in [6.45, 7) is 0. The van der Waals surface area contributed by atoms with Crippen LogP contribution in [-0.4, -0.2) is 11.3 Å². The predicted octanol–water partition coefficient (Wildman–Crippen LogP) is 2.72. The molecule has 0 radical (unpaired) electrons. The molecule has 0 aliphatic rings. The van der Waals surface area contributed by atoms with Crippen molar-refractivity contribution in [3.8, 4) is 5.75 Å². The Bertz CT molecular complexity index is 616. The Balaban J connectivity index is 2.20. The van der Waals surface area contributed by atoms with Gasteiger partial charge in [-0.2, -0.15) is 0 Å². The molecule has 5 heteroatoms. The van der Waals surface area contributed by atoms with E-state index in [0.29, 0.717) is 16.4 Å². The fourth-order valence-corrected chi connectivity index (χ4v) is 2.90. The predicted molar refractivity (Wildman–Crippen MR) is 73.9 cm³/mol. The summed E-state index contributed by atoms with van der Waals surface area (Å²) in [5, 5.41) is 0. The number of nitrogens with two attached hydrogens (primary N) is 1. The van der Waals surface area contributed by atoms with Crippen LogP contribution in [0.25, 0.3) is 0 Å². The van der Waals surface area contributed by atoms with Crippen molar-refractivity contribution in [2.45, 2.75) is 10.6 Å². The highest BCUT2D eigenvalue weighted by atomic mass is 32.2. The molecule has 0 aliphatic heterocycles. The van der Waals surface area contributed by atoms with E-state index < -0.39 is 16.6 Å². The minimum atomic E-state index is -1.31. The lowest BCUT2D eigenvalue weighted by Gasteiger charge is -2.07. The van der Waals surface area contributed by atoms with Gasteiger partial charge in [-0.25, -0.2) is 4.39 Å². The number of hydrogen-bond acceptors (Lipinski definition) is 3. The van der Waals surface area contributed by atoms with E-state index in [2.05, 4.69) is 0 Å². The SMILES string of the molecule is COc1cccc(CS(=O)c2ccc(F)cc2N)c1. The van der Waals surface area contributed by atoms with Crippen molar-refractivity contribution < 1.29 is 13.3 Å².